The van der Waals surface area contributed by atoms with Gasteiger partial charge in [-0.2, -0.15) is 0 Å². The molecule has 1 aromatic heterocycles. The maximum atomic E-state index is 4.40. The van der Waals surface area contributed by atoms with E-state index in [0.717, 1.165) is 5.82 Å². The molecule has 0 aromatic carbocycles. The van der Waals surface area contributed by atoms with E-state index in [0.29, 0.717) is 6.04 Å². The molecule has 0 radical (unpaired) electrons. The summed E-state index contributed by atoms with van der Waals surface area (Å²) in [5.74, 6) is 1.04. The summed E-state index contributed by atoms with van der Waals surface area (Å²) in [5.41, 5.74) is 1.36. The van der Waals surface area contributed by atoms with Crippen LogP contribution in [0.1, 0.15) is 37.8 Å². The Kier molecular flexibility index (Phi) is 3.78. The highest BCUT2D eigenvalue weighted by molar-refractivity contribution is 5.45. The van der Waals surface area contributed by atoms with Crippen molar-refractivity contribution in [3.05, 3.63) is 23.9 Å². The Morgan fingerprint density at radius 2 is 2.44 bits per heavy atom. The molecule has 1 aliphatic rings. The van der Waals surface area contributed by atoms with Crippen molar-refractivity contribution in [3.8, 4) is 0 Å². The Hall–Kier alpha value is -1.09. The lowest BCUT2D eigenvalue weighted by Gasteiger charge is -2.25. The van der Waals surface area contributed by atoms with E-state index in [9.17, 15) is 0 Å². The zero-order valence-electron chi connectivity index (χ0n) is 10.2. The SMILES string of the molecule is CCCN1CCCC1c1cccnc1NC. The molecular weight excluding hydrogens is 198 g/mol. The normalized spacial score (nSPS) is 21.2. The summed E-state index contributed by atoms with van der Waals surface area (Å²) in [6.45, 7) is 4.68. The molecule has 16 heavy (non-hydrogen) atoms. The molecule has 1 unspecified atom stereocenters. The first-order valence-electron chi connectivity index (χ1n) is 6.23. The fourth-order valence-electron chi connectivity index (χ4n) is 2.63. The number of likely N-dealkylation sites (tertiary alicyclic amines) is 1. The van der Waals surface area contributed by atoms with Crippen molar-refractivity contribution in [1.29, 1.82) is 0 Å². The van der Waals surface area contributed by atoms with Gasteiger partial charge in [-0.25, -0.2) is 4.98 Å². The van der Waals surface area contributed by atoms with E-state index in [1.165, 1.54) is 37.9 Å². The second kappa shape index (κ2) is 5.30. The van der Waals surface area contributed by atoms with Crippen LogP contribution in [0.25, 0.3) is 0 Å². The third-order valence-corrected chi connectivity index (χ3v) is 3.31. The minimum Gasteiger partial charge on any atom is -0.373 e. The van der Waals surface area contributed by atoms with Crippen LogP contribution in [0.4, 0.5) is 5.82 Å². The summed E-state index contributed by atoms with van der Waals surface area (Å²) in [5, 5.41) is 3.20. The number of hydrogen-bond acceptors (Lipinski definition) is 3. The zero-order valence-corrected chi connectivity index (χ0v) is 10.2. The molecule has 3 heteroatoms. The molecule has 3 nitrogen and oxygen atoms in total. The van der Waals surface area contributed by atoms with Crippen molar-refractivity contribution >= 4 is 5.82 Å². The van der Waals surface area contributed by atoms with E-state index in [4.69, 9.17) is 0 Å². The fourth-order valence-corrected chi connectivity index (χ4v) is 2.63. The van der Waals surface area contributed by atoms with E-state index >= 15 is 0 Å². The lowest BCUT2D eigenvalue weighted by Crippen LogP contribution is -2.24. The predicted molar refractivity (Wildman–Crippen MR) is 67.6 cm³/mol. The highest BCUT2D eigenvalue weighted by atomic mass is 15.2. The number of nitrogens with one attached hydrogen (secondary N) is 1. The van der Waals surface area contributed by atoms with Crippen LogP contribution in [0.2, 0.25) is 0 Å². The van der Waals surface area contributed by atoms with E-state index in [1.54, 1.807) is 0 Å². The Balaban J connectivity index is 2.21. The Morgan fingerprint density at radius 1 is 1.56 bits per heavy atom. The van der Waals surface area contributed by atoms with Crippen LogP contribution >= 0.6 is 0 Å². The molecule has 88 valence electrons. The molecule has 1 fully saturated rings. The summed E-state index contributed by atoms with van der Waals surface area (Å²) < 4.78 is 0. The molecule has 0 aliphatic carbocycles. The van der Waals surface area contributed by atoms with Gasteiger partial charge in [-0.1, -0.05) is 13.0 Å². The molecule has 1 N–H and O–H groups in total. The van der Waals surface area contributed by atoms with Gasteiger partial charge in [-0.3, -0.25) is 4.90 Å². The van der Waals surface area contributed by atoms with Gasteiger partial charge in [-0.05, 0) is 38.4 Å². The average Bonchev–Trinajstić information content (AvgIpc) is 2.77. The molecule has 1 atom stereocenters. The summed E-state index contributed by atoms with van der Waals surface area (Å²) in [7, 11) is 1.95. The largest absolute Gasteiger partial charge is 0.373 e. The van der Waals surface area contributed by atoms with Crippen molar-refractivity contribution in [2.24, 2.45) is 0 Å². The highest BCUT2D eigenvalue weighted by Gasteiger charge is 2.26. The first-order valence-corrected chi connectivity index (χ1v) is 6.23. The second-order valence-electron chi connectivity index (χ2n) is 4.39. The van der Waals surface area contributed by atoms with Gasteiger partial charge in [0.05, 0.1) is 0 Å². The molecule has 0 bridgehead atoms. The van der Waals surface area contributed by atoms with Crippen LogP contribution in [0.15, 0.2) is 18.3 Å². The molecule has 0 saturated carbocycles. The monoisotopic (exact) mass is 219 g/mol. The minimum atomic E-state index is 0.566. The first kappa shape index (κ1) is 11.4. The lowest BCUT2D eigenvalue weighted by atomic mass is 10.1. The molecule has 2 rings (SSSR count). The number of rotatable bonds is 4. The molecule has 1 aliphatic heterocycles. The molecule has 1 aromatic rings. The van der Waals surface area contributed by atoms with Crippen LogP contribution in [-0.4, -0.2) is 30.0 Å². The number of pyridine rings is 1. The Morgan fingerprint density at radius 3 is 3.19 bits per heavy atom. The lowest BCUT2D eigenvalue weighted by molar-refractivity contribution is 0.258. The molecular formula is C13H21N3. The van der Waals surface area contributed by atoms with Crippen LogP contribution < -0.4 is 5.32 Å². The first-order chi connectivity index (χ1) is 7.86. The van der Waals surface area contributed by atoms with Gasteiger partial charge in [0.15, 0.2) is 0 Å². The van der Waals surface area contributed by atoms with Crippen molar-refractivity contribution in [1.82, 2.24) is 9.88 Å². The summed E-state index contributed by atoms with van der Waals surface area (Å²) in [6, 6.07) is 4.81. The van der Waals surface area contributed by atoms with Gasteiger partial charge in [0.25, 0.3) is 0 Å². The van der Waals surface area contributed by atoms with Crippen molar-refractivity contribution in [2.45, 2.75) is 32.2 Å². The quantitative estimate of drug-likeness (QED) is 0.844. The summed E-state index contributed by atoms with van der Waals surface area (Å²) in [4.78, 5) is 6.98. The third kappa shape index (κ3) is 2.19. The van der Waals surface area contributed by atoms with Gasteiger partial charge >= 0.3 is 0 Å². The van der Waals surface area contributed by atoms with Crippen LogP contribution in [0.3, 0.4) is 0 Å². The maximum absolute atomic E-state index is 4.40. The second-order valence-corrected chi connectivity index (χ2v) is 4.39. The topological polar surface area (TPSA) is 28.2 Å². The summed E-state index contributed by atoms with van der Waals surface area (Å²) in [6.07, 6.45) is 5.66. The van der Waals surface area contributed by atoms with E-state index in [-0.39, 0.29) is 0 Å². The predicted octanol–water partition coefficient (Wildman–Crippen LogP) is 2.67. The average molecular weight is 219 g/mol. The number of aromatic nitrogens is 1. The standard InChI is InChI=1S/C13H21N3/c1-3-9-16-10-5-7-12(16)11-6-4-8-15-13(11)14-2/h4,6,8,12H,3,5,7,9-10H2,1-2H3,(H,14,15). The molecule has 1 saturated heterocycles. The van der Waals surface area contributed by atoms with Crippen molar-refractivity contribution in [3.63, 3.8) is 0 Å². The van der Waals surface area contributed by atoms with Crippen molar-refractivity contribution < 1.29 is 0 Å². The number of nitrogens with zero attached hydrogens (tertiary/aromatic N) is 2. The molecule has 2 heterocycles. The van der Waals surface area contributed by atoms with E-state index < -0.39 is 0 Å². The van der Waals surface area contributed by atoms with Gasteiger partial charge in [0, 0.05) is 24.8 Å². The minimum absolute atomic E-state index is 0.566. The Labute approximate surface area is 97.9 Å². The van der Waals surface area contributed by atoms with Gasteiger partial charge in [-0.15, -0.1) is 0 Å². The smallest absolute Gasteiger partial charge is 0.130 e. The summed E-state index contributed by atoms with van der Waals surface area (Å²) >= 11 is 0. The van der Waals surface area contributed by atoms with Gasteiger partial charge in [0.1, 0.15) is 5.82 Å². The van der Waals surface area contributed by atoms with E-state index in [1.807, 2.05) is 19.3 Å². The van der Waals surface area contributed by atoms with Crippen LogP contribution in [-0.2, 0) is 0 Å². The van der Waals surface area contributed by atoms with Gasteiger partial charge < -0.3 is 5.32 Å². The fraction of sp³-hybridized carbons (Fsp3) is 0.615. The zero-order chi connectivity index (χ0) is 11.4. The third-order valence-electron chi connectivity index (χ3n) is 3.31. The number of anilines is 1. The molecule has 0 amide bonds. The van der Waals surface area contributed by atoms with E-state index in [2.05, 4.69) is 28.2 Å². The van der Waals surface area contributed by atoms with Crippen LogP contribution in [0, 0.1) is 0 Å². The Bertz CT molecular complexity index is 338. The van der Waals surface area contributed by atoms with Crippen LogP contribution in [0.5, 0.6) is 0 Å². The number of hydrogen-bond donors (Lipinski definition) is 1. The van der Waals surface area contributed by atoms with Gasteiger partial charge in [0.2, 0.25) is 0 Å². The molecule has 0 spiro atoms. The highest BCUT2D eigenvalue weighted by Crippen LogP contribution is 2.34. The van der Waals surface area contributed by atoms with Crippen molar-refractivity contribution in [2.75, 3.05) is 25.5 Å². The maximum Gasteiger partial charge on any atom is 0.130 e.